The first-order valence-corrected chi connectivity index (χ1v) is 6.05. The van der Waals surface area contributed by atoms with Crippen molar-refractivity contribution in [2.45, 2.75) is 39.3 Å². The summed E-state index contributed by atoms with van der Waals surface area (Å²) in [5.41, 5.74) is 9.80. The molecule has 4 heteroatoms. The summed E-state index contributed by atoms with van der Waals surface area (Å²) < 4.78 is 1.97. The van der Waals surface area contributed by atoms with E-state index in [9.17, 15) is 0 Å². The van der Waals surface area contributed by atoms with Crippen LogP contribution in [0.2, 0.25) is 0 Å². The van der Waals surface area contributed by atoms with Crippen molar-refractivity contribution in [3.63, 3.8) is 0 Å². The number of hydrogen-bond acceptors (Lipinski definition) is 3. The molecule has 1 aliphatic rings. The van der Waals surface area contributed by atoms with Crippen LogP contribution in [0.15, 0.2) is 0 Å². The highest BCUT2D eigenvalue weighted by Gasteiger charge is 2.19. The van der Waals surface area contributed by atoms with Gasteiger partial charge in [-0.05, 0) is 33.2 Å². The lowest BCUT2D eigenvalue weighted by Gasteiger charge is -2.30. The first-order chi connectivity index (χ1) is 7.58. The quantitative estimate of drug-likeness (QED) is 0.811. The maximum absolute atomic E-state index is 6.00. The van der Waals surface area contributed by atoms with Crippen molar-refractivity contribution in [1.29, 1.82) is 0 Å². The highest BCUT2D eigenvalue weighted by molar-refractivity contribution is 5.24. The predicted molar refractivity (Wildman–Crippen MR) is 65.2 cm³/mol. The molecule has 0 unspecified atom stereocenters. The minimum Gasteiger partial charge on any atom is -0.327 e. The molecule has 1 aromatic rings. The number of nitrogens with zero attached hydrogens (tertiary/aromatic N) is 3. The first kappa shape index (κ1) is 11.6. The van der Waals surface area contributed by atoms with E-state index in [-0.39, 0.29) is 0 Å². The summed E-state index contributed by atoms with van der Waals surface area (Å²) in [7, 11) is 2.01. The van der Waals surface area contributed by atoms with E-state index in [0.29, 0.717) is 6.04 Å². The molecule has 16 heavy (non-hydrogen) atoms. The van der Waals surface area contributed by atoms with Gasteiger partial charge in [0, 0.05) is 37.4 Å². The van der Waals surface area contributed by atoms with E-state index in [1.807, 2.05) is 11.7 Å². The van der Waals surface area contributed by atoms with Gasteiger partial charge in [-0.15, -0.1) is 0 Å². The van der Waals surface area contributed by atoms with Gasteiger partial charge >= 0.3 is 0 Å². The highest BCUT2D eigenvalue weighted by atomic mass is 15.3. The smallest absolute Gasteiger partial charge is 0.0641 e. The van der Waals surface area contributed by atoms with E-state index in [0.717, 1.165) is 18.8 Å². The summed E-state index contributed by atoms with van der Waals surface area (Å²) in [5, 5.41) is 4.45. The van der Waals surface area contributed by atoms with Gasteiger partial charge in [-0.2, -0.15) is 5.10 Å². The fourth-order valence-electron chi connectivity index (χ4n) is 2.50. The Morgan fingerprint density at radius 2 is 2.19 bits per heavy atom. The maximum Gasteiger partial charge on any atom is 0.0641 e. The van der Waals surface area contributed by atoms with Crippen LogP contribution in [0, 0.1) is 13.8 Å². The molecule has 0 bridgehead atoms. The number of rotatable bonds is 2. The van der Waals surface area contributed by atoms with E-state index in [4.69, 9.17) is 5.73 Å². The Kier molecular flexibility index (Phi) is 3.30. The van der Waals surface area contributed by atoms with Crippen LogP contribution in [0.3, 0.4) is 0 Å². The molecule has 2 N–H and O–H groups in total. The SMILES string of the molecule is Cc1nn(C)c(C)c1CN1CCC[C@H](N)C1. The van der Waals surface area contributed by atoms with Crippen LogP contribution in [0.4, 0.5) is 0 Å². The summed E-state index contributed by atoms with van der Waals surface area (Å²) in [4.78, 5) is 2.45. The molecule has 1 saturated heterocycles. The fraction of sp³-hybridized carbons (Fsp3) is 0.750. The second-order valence-corrected chi connectivity index (χ2v) is 4.91. The van der Waals surface area contributed by atoms with Crippen LogP contribution in [-0.4, -0.2) is 33.8 Å². The summed E-state index contributed by atoms with van der Waals surface area (Å²) in [6.45, 7) is 7.42. The summed E-state index contributed by atoms with van der Waals surface area (Å²) in [5.74, 6) is 0. The molecule has 1 aliphatic heterocycles. The monoisotopic (exact) mass is 222 g/mol. The second-order valence-electron chi connectivity index (χ2n) is 4.91. The predicted octanol–water partition coefficient (Wildman–Crippen LogP) is 0.960. The van der Waals surface area contributed by atoms with Gasteiger partial charge < -0.3 is 5.73 Å². The van der Waals surface area contributed by atoms with Crippen LogP contribution < -0.4 is 5.73 Å². The summed E-state index contributed by atoms with van der Waals surface area (Å²) in [6, 6.07) is 0.353. The van der Waals surface area contributed by atoms with E-state index < -0.39 is 0 Å². The minimum absolute atomic E-state index is 0.353. The van der Waals surface area contributed by atoms with Crippen LogP contribution in [0.25, 0.3) is 0 Å². The van der Waals surface area contributed by atoms with E-state index in [2.05, 4.69) is 23.8 Å². The van der Waals surface area contributed by atoms with Crippen LogP contribution in [0.1, 0.15) is 29.8 Å². The number of piperidine rings is 1. The lowest BCUT2D eigenvalue weighted by atomic mass is 10.1. The Morgan fingerprint density at radius 1 is 1.44 bits per heavy atom. The van der Waals surface area contributed by atoms with Gasteiger partial charge in [0.25, 0.3) is 0 Å². The van der Waals surface area contributed by atoms with Crippen molar-refractivity contribution in [2.24, 2.45) is 12.8 Å². The molecule has 4 nitrogen and oxygen atoms in total. The molecule has 1 fully saturated rings. The van der Waals surface area contributed by atoms with E-state index >= 15 is 0 Å². The number of aromatic nitrogens is 2. The molecule has 0 saturated carbocycles. The zero-order valence-electron chi connectivity index (χ0n) is 10.5. The zero-order chi connectivity index (χ0) is 11.7. The van der Waals surface area contributed by atoms with Crippen molar-refractivity contribution < 1.29 is 0 Å². The molecule has 0 radical (unpaired) electrons. The molecule has 90 valence electrons. The van der Waals surface area contributed by atoms with Crippen LogP contribution in [0.5, 0.6) is 0 Å². The van der Waals surface area contributed by atoms with Gasteiger partial charge in [-0.3, -0.25) is 9.58 Å². The normalized spacial score (nSPS) is 22.6. The average Bonchev–Trinajstić information content (AvgIpc) is 2.45. The summed E-state index contributed by atoms with van der Waals surface area (Å²) >= 11 is 0. The van der Waals surface area contributed by atoms with Crippen molar-refractivity contribution in [3.8, 4) is 0 Å². The molecule has 0 aliphatic carbocycles. The van der Waals surface area contributed by atoms with Gasteiger partial charge in [0.2, 0.25) is 0 Å². The molecular formula is C12H22N4. The number of nitrogens with two attached hydrogens (primary N) is 1. The third kappa shape index (κ3) is 2.28. The molecule has 0 amide bonds. The average molecular weight is 222 g/mol. The van der Waals surface area contributed by atoms with Gasteiger partial charge in [-0.25, -0.2) is 0 Å². The number of aryl methyl sites for hydroxylation is 2. The second kappa shape index (κ2) is 4.55. The van der Waals surface area contributed by atoms with E-state index in [1.165, 1.54) is 30.6 Å². The maximum atomic E-state index is 6.00. The van der Waals surface area contributed by atoms with Gasteiger partial charge in [0.05, 0.1) is 5.69 Å². The lowest BCUT2D eigenvalue weighted by Crippen LogP contribution is -2.42. The van der Waals surface area contributed by atoms with Gasteiger partial charge in [0.15, 0.2) is 0 Å². The van der Waals surface area contributed by atoms with Crippen molar-refractivity contribution >= 4 is 0 Å². The van der Waals surface area contributed by atoms with Crippen molar-refractivity contribution in [1.82, 2.24) is 14.7 Å². The Labute approximate surface area is 97.4 Å². The molecule has 0 aromatic carbocycles. The molecule has 2 rings (SSSR count). The van der Waals surface area contributed by atoms with Crippen LogP contribution in [-0.2, 0) is 13.6 Å². The fourth-order valence-corrected chi connectivity index (χ4v) is 2.50. The Morgan fingerprint density at radius 3 is 2.75 bits per heavy atom. The topological polar surface area (TPSA) is 47.1 Å². The minimum atomic E-state index is 0.353. The molecular weight excluding hydrogens is 200 g/mol. The number of hydrogen-bond donors (Lipinski definition) is 1. The Hall–Kier alpha value is -0.870. The zero-order valence-corrected chi connectivity index (χ0v) is 10.5. The third-order valence-electron chi connectivity index (χ3n) is 3.58. The largest absolute Gasteiger partial charge is 0.327 e. The summed E-state index contributed by atoms with van der Waals surface area (Å²) in [6.07, 6.45) is 2.39. The highest BCUT2D eigenvalue weighted by Crippen LogP contribution is 2.17. The molecule has 0 spiro atoms. The Bertz CT molecular complexity index is 369. The molecule has 2 heterocycles. The number of likely N-dealkylation sites (tertiary alicyclic amines) is 1. The Balaban J connectivity index is 2.08. The third-order valence-corrected chi connectivity index (χ3v) is 3.58. The molecule has 1 atom stereocenters. The van der Waals surface area contributed by atoms with Gasteiger partial charge in [-0.1, -0.05) is 0 Å². The molecule has 1 aromatic heterocycles. The standard InChI is InChI=1S/C12H22N4/c1-9-12(10(2)15(3)14-9)8-16-6-4-5-11(13)7-16/h11H,4-8,13H2,1-3H3/t11-/m0/s1. The van der Waals surface area contributed by atoms with Crippen molar-refractivity contribution in [3.05, 3.63) is 17.0 Å². The van der Waals surface area contributed by atoms with Crippen LogP contribution >= 0.6 is 0 Å². The van der Waals surface area contributed by atoms with Gasteiger partial charge in [0.1, 0.15) is 0 Å². The lowest BCUT2D eigenvalue weighted by molar-refractivity contribution is 0.201. The van der Waals surface area contributed by atoms with Crippen molar-refractivity contribution in [2.75, 3.05) is 13.1 Å². The van der Waals surface area contributed by atoms with E-state index in [1.54, 1.807) is 0 Å². The first-order valence-electron chi connectivity index (χ1n) is 6.05.